The molecule has 0 saturated carbocycles. The van der Waals surface area contributed by atoms with Crippen molar-refractivity contribution in [1.29, 1.82) is 0 Å². The molecule has 0 N–H and O–H groups in total. The van der Waals surface area contributed by atoms with Crippen LogP contribution in [-0.2, 0) is 7.05 Å². The zero-order chi connectivity index (χ0) is 5.98. The van der Waals surface area contributed by atoms with Crippen molar-refractivity contribution in [3.63, 3.8) is 0 Å². The van der Waals surface area contributed by atoms with E-state index >= 15 is 0 Å². The molecule has 1 rings (SSSR count). The largest absolute Gasteiger partial charge is 0.255 e. The fourth-order valence-corrected chi connectivity index (χ4v) is 0.459. The normalized spacial score (nSPS) is 9.12. The van der Waals surface area contributed by atoms with Crippen molar-refractivity contribution in [2.45, 2.75) is 0 Å². The summed E-state index contributed by atoms with van der Waals surface area (Å²) in [5.41, 5.74) is 0.813. The minimum absolute atomic E-state index is 0.813. The van der Waals surface area contributed by atoms with E-state index in [4.69, 9.17) is 0 Å². The lowest BCUT2D eigenvalue weighted by atomic mass is 10.5. The van der Waals surface area contributed by atoms with Crippen molar-refractivity contribution in [2.24, 2.45) is 7.05 Å². The van der Waals surface area contributed by atoms with Crippen LogP contribution < -0.4 is 0 Å². The van der Waals surface area contributed by atoms with Gasteiger partial charge in [0.25, 0.3) is 0 Å². The van der Waals surface area contributed by atoms with Crippen molar-refractivity contribution < 1.29 is 0 Å². The quantitative estimate of drug-likeness (QED) is 0.524. The molecule has 0 aromatic carbocycles. The summed E-state index contributed by atoms with van der Waals surface area (Å²) in [6, 6.07) is 0. The maximum atomic E-state index is 3.73. The maximum Gasteiger partial charge on any atom is 0.105 e. The van der Waals surface area contributed by atoms with E-state index < -0.39 is 0 Å². The Balaban J connectivity index is 3.00. The highest BCUT2D eigenvalue weighted by molar-refractivity contribution is 5.38. The third-order valence-corrected chi connectivity index (χ3v) is 0.830. The van der Waals surface area contributed by atoms with Crippen LogP contribution in [0.2, 0.25) is 0 Å². The number of rotatable bonds is 1. The fraction of sp³-hybridized carbons (Fsp3) is 0.200. The van der Waals surface area contributed by atoms with Crippen LogP contribution in [0.25, 0.3) is 6.08 Å². The lowest BCUT2D eigenvalue weighted by molar-refractivity contribution is 0.714. The Labute approximate surface area is 47.6 Å². The van der Waals surface area contributed by atoms with Gasteiger partial charge < -0.3 is 0 Å². The van der Waals surface area contributed by atoms with E-state index in [1.165, 1.54) is 0 Å². The highest BCUT2D eigenvalue weighted by atomic mass is 15.4. The predicted molar refractivity (Wildman–Crippen MR) is 31.1 cm³/mol. The smallest absolute Gasteiger partial charge is 0.105 e. The molecular weight excluding hydrogens is 102 g/mol. The summed E-state index contributed by atoms with van der Waals surface area (Å²) in [7, 11) is 1.82. The van der Waals surface area contributed by atoms with Crippen LogP contribution in [0.5, 0.6) is 0 Å². The Kier molecular flexibility index (Phi) is 1.12. The van der Waals surface area contributed by atoms with Crippen molar-refractivity contribution in [3.05, 3.63) is 18.5 Å². The number of hydrogen-bond donors (Lipinski definition) is 0. The Morgan fingerprint density at radius 1 is 1.88 bits per heavy atom. The van der Waals surface area contributed by atoms with Crippen molar-refractivity contribution >= 4 is 6.08 Å². The highest BCUT2D eigenvalue weighted by Crippen LogP contribution is 1.89. The van der Waals surface area contributed by atoms with Crippen molar-refractivity contribution in [3.8, 4) is 0 Å². The minimum atomic E-state index is 0.813. The molecule has 42 valence electrons. The van der Waals surface area contributed by atoms with Gasteiger partial charge in [-0.3, -0.25) is 4.68 Å². The van der Waals surface area contributed by atoms with Gasteiger partial charge in [0.15, 0.2) is 0 Å². The van der Waals surface area contributed by atoms with Gasteiger partial charge in [0.1, 0.15) is 5.69 Å². The summed E-state index contributed by atoms with van der Waals surface area (Å²) in [5.74, 6) is 0. The van der Waals surface area contributed by atoms with E-state index in [1.54, 1.807) is 17.0 Å². The average Bonchev–Trinajstić information content (AvgIpc) is 2.14. The second-order valence-electron chi connectivity index (χ2n) is 1.52. The van der Waals surface area contributed by atoms with Gasteiger partial charge in [-0.05, 0) is 6.08 Å². The van der Waals surface area contributed by atoms with Gasteiger partial charge in [0.2, 0.25) is 0 Å². The van der Waals surface area contributed by atoms with Crippen LogP contribution >= 0.6 is 0 Å². The van der Waals surface area contributed by atoms with Crippen LogP contribution in [0.15, 0.2) is 12.8 Å². The molecular formula is C5H7N3. The van der Waals surface area contributed by atoms with Crippen LogP contribution in [0.1, 0.15) is 5.69 Å². The molecule has 0 unspecified atom stereocenters. The summed E-state index contributed by atoms with van der Waals surface area (Å²) in [6.07, 6.45) is 3.46. The standard InChI is InChI=1S/C5H7N3/c1-3-5-4-8(2)7-6-5/h3-4H,1H2,2H3. The monoisotopic (exact) mass is 109 g/mol. The Morgan fingerprint density at radius 3 is 2.88 bits per heavy atom. The zero-order valence-electron chi connectivity index (χ0n) is 4.70. The molecule has 0 spiro atoms. The molecule has 8 heavy (non-hydrogen) atoms. The molecule has 0 amide bonds. The second-order valence-corrected chi connectivity index (χ2v) is 1.52. The van der Waals surface area contributed by atoms with E-state index in [-0.39, 0.29) is 0 Å². The topological polar surface area (TPSA) is 30.7 Å². The van der Waals surface area contributed by atoms with E-state index in [0.717, 1.165) is 5.69 Å². The lowest BCUT2D eigenvalue weighted by Gasteiger charge is -1.75. The molecule has 1 aromatic rings. The first-order valence-corrected chi connectivity index (χ1v) is 2.31. The summed E-state index contributed by atoms with van der Waals surface area (Å²) < 4.78 is 1.64. The molecule has 1 aromatic heterocycles. The van der Waals surface area contributed by atoms with Crippen LogP contribution in [0.3, 0.4) is 0 Å². The molecule has 0 saturated heterocycles. The van der Waals surface area contributed by atoms with E-state index in [2.05, 4.69) is 16.9 Å². The lowest BCUT2D eigenvalue weighted by Crippen LogP contribution is -1.85. The van der Waals surface area contributed by atoms with Gasteiger partial charge in [-0.2, -0.15) is 0 Å². The summed E-state index contributed by atoms with van der Waals surface area (Å²) >= 11 is 0. The summed E-state index contributed by atoms with van der Waals surface area (Å²) in [5, 5.41) is 7.41. The van der Waals surface area contributed by atoms with Gasteiger partial charge in [-0.1, -0.05) is 11.8 Å². The van der Waals surface area contributed by atoms with Gasteiger partial charge in [0.05, 0.1) is 6.20 Å². The van der Waals surface area contributed by atoms with Crippen molar-refractivity contribution in [2.75, 3.05) is 0 Å². The van der Waals surface area contributed by atoms with E-state index in [1.807, 2.05) is 7.05 Å². The zero-order valence-corrected chi connectivity index (χ0v) is 4.70. The number of aromatic nitrogens is 3. The highest BCUT2D eigenvalue weighted by Gasteiger charge is 1.86. The first-order chi connectivity index (χ1) is 3.83. The third kappa shape index (κ3) is 0.753. The average molecular weight is 109 g/mol. The Hall–Kier alpha value is -1.12. The van der Waals surface area contributed by atoms with Crippen molar-refractivity contribution in [1.82, 2.24) is 15.0 Å². The minimum Gasteiger partial charge on any atom is -0.255 e. The van der Waals surface area contributed by atoms with Gasteiger partial charge in [0, 0.05) is 7.05 Å². The molecule has 3 nitrogen and oxygen atoms in total. The Morgan fingerprint density at radius 2 is 2.62 bits per heavy atom. The fourth-order valence-electron chi connectivity index (χ4n) is 0.459. The van der Waals surface area contributed by atoms with Gasteiger partial charge in [-0.15, -0.1) is 5.10 Å². The predicted octanol–water partition coefficient (Wildman–Crippen LogP) is 0.458. The summed E-state index contributed by atoms with van der Waals surface area (Å²) in [4.78, 5) is 0. The molecule has 0 bridgehead atoms. The number of nitrogens with zero attached hydrogens (tertiary/aromatic N) is 3. The molecule has 0 aliphatic heterocycles. The van der Waals surface area contributed by atoms with Gasteiger partial charge in [-0.25, -0.2) is 0 Å². The molecule has 0 fully saturated rings. The van der Waals surface area contributed by atoms with E-state index in [0.29, 0.717) is 0 Å². The first-order valence-electron chi connectivity index (χ1n) is 2.31. The number of hydrogen-bond acceptors (Lipinski definition) is 2. The first kappa shape index (κ1) is 5.03. The third-order valence-electron chi connectivity index (χ3n) is 0.830. The van der Waals surface area contributed by atoms with Crippen LogP contribution in [-0.4, -0.2) is 15.0 Å². The molecule has 0 aliphatic rings. The second kappa shape index (κ2) is 1.78. The maximum absolute atomic E-state index is 3.73. The molecule has 0 atom stereocenters. The van der Waals surface area contributed by atoms with Crippen LogP contribution in [0.4, 0.5) is 0 Å². The number of aryl methyl sites for hydroxylation is 1. The van der Waals surface area contributed by atoms with Gasteiger partial charge >= 0.3 is 0 Å². The molecule has 0 radical (unpaired) electrons. The Bertz CT molecular complexity index is 189. The molecule has 0 aliphatic carbocycles. The molecule has 1 heterocycles. The molecule has 3 heteroatoms. The van der Waals surface area contributed by atoms with Crippen LogP contribution in [0, 0.1) is 0 Å². The summed E-state index contributed by atoms with van der Waals surface area (Å²) in [6.45, 7) is 3.53. The SMILES string of the molecule is C=Cc1cn(C)nn1. The van der Waals surface area contributed by atoms with E-state index in [9.17, 15) is 0 Å².